The first-order chi connectivity index (χ1) is 9.61. The SMILES string of the molecule is CCN(C(=O)c1cn(CC(=O)O)nn1)c1ccncc1. The minimum atomic E-state index is -1.05. The van der Waals surface area contributed by atoms with Crippen molar-refractivity contribution in [2.45, 2.75) is 13.5 Å². The molecule has 104 valence electrons. The van der Waals surface area contributed by atoms with E-state index in [0.717, 1.165) is 4.68 Å². The number of aromatic nitrogens is 4. The zero-order chi connectivity index (χ0) is 14.5. The van der Waals surface area contributed by atoms with Crippen molar-refractivity contribution in [2.24, 2.45) is 0 Å². The maximum atomic E-state index is 12.3. The third kappa shape index (κ3) is 2.97. The molecule has 0 aliphatic heterocycles. The van der Waals surface area contributed by atoms with Gasteiger partial charge in [-0.25, -0.2) is 4.68 Å². The molecule has 2 aromatic rings. The van der Waals surface area contributed by atoms with E-state index in [2.05, 4.69) is 15.3 Å². The number of carboxylic acids is 1. The molecule has 0 bridgehead atoms. The van der Waals surface area contributed by atoms with Crippen LogP contribution in [0.4, 0.5) is 5.69 Å². The van der Waals surface area contributed by atoms with Crippen LogP contribution in [-0.4, -0.2) is 43.5 Å². The number of pyridine rings is 1. The highest BCUT2D eigenvalue weighted by atomic mass is 16.4. The first kappa shape index (κ1) is 13.7. The Morgan fingerprint density at radius 2 is 2.05 bits per heavy atom. The topological polar surface area (TPSA) is 101 Å². The van der Waals surface area contributed by atoms with Gasteiger partial charge >= 0.3 is 5.97 Å². The molecule has 0 fully saturated rings. The summed E-state index contributed by atoms with van der Waals surface area (Å²) in [5, 5.41) is 16.0. The molecule has 2 rings (SSSR count). The Morgan fingerprint density at radius 3 is 2.65 bits per heavy atom. The van der Waals surface area contributed by atoms with Gasteiger partial charge in [-0.1, -0.05) is 5.21 Å². The van der Waals surface area contributed by atoms with Crippen molar-refractivity contribution in [1.82, 2.24) is 20.0 Å². The van der Waals surface area contributed by atoms with Crippen molar-refractivity contribution in [3.8, 4) is 0 Å². The summed E-state index contributed by atoms with van der Waals surface area (Å²) in [5.41, 5.74) is 0.796. The van der Waals surface area contributed by atoms with Gasteiger partial charge in [-0.3, -0.25) is 14.6 Å². The fraction of sp³-hybridized carbons (Fsp3) is 0.250. The predicted octanol–water partition coefficient (Wildman–Crippen LogP) is 0.424. The lowest BCUT2D eigenvalue weighted by Gasteiger charge is -2.19. The van der Waals surface area contributed by atoms with Crippen molar-refractivity contribution in [1.29, 1.82) is 0 Å². The van der Waals surface area contributed by atoms with E-state index >= 15 is 0 Å². The Morgan fingerprint density at radius 1 is 1.35 bits per heavy atom. The molecule has 1 N–H and O–H groups in total. The summed E-state index contributed by atoms with van der Waals surface area (Å²) in [6.07, 6.45) is 4.50. The molecule has 2 heterocycles. The summed E-state index contributed by atoms with van der Waals surface area (Å²) in [4.78, 5) is 28.3. The van der Waals surface area contributed by atoms with E-state index < -0.39 is 5.97 Å². The molecule has 0 aromatic carbocycles. The number of carbonyl (C=O) groups excluding carboxylic acids is 1. The molecule has 0 radical (unpaired) electrons. The van der Waals surface area contributed by atoms with E-state index in [1.807, 2.05) is 6.92 Å². The predicted molar refractivity (Wildman–Crippen MR) is 69.2 cm³/mol. The molecule has 20 heavy (non-hydrogen) atoms. The molecule has 0 aliphatic rings. The summed E-state index contributed by atoms with van der Waals surface area (Å²) in [6.45, 7) is 1.95. The number of rotatable bonds is 5. The second-order valence-electron chi connectivity index (χ2n) is 3.95. The average molecular weight is 275 g/mol. The number of carbonyl (C=O) groups is 2. The normalized spacial score (nSPS) is 10.2. The minimum Gasteiger partial charge on any atom is -0.480 e. The van der Waals surface area contributed by atoms with Crippen LogP contribution in [0.2, 0.25) is 0 Å². The molecule has 0 unspecified atom stereocenters. The standard InChI is InChI=1S/C12H13N5O3/c1-2-17(9-3-5-13-6-4-9)12(20)10-7-16(15-14-10)8-11(18)19/h3-7H,2,8H2,1H3,(H,18,19). The first-order valence-electron chi connectivity index (χ1n) is 5.95. The number of anilines is 1. The third-order valence-electron chi connectivity index (χ3n) is 2.59. The highest BCUT2D eigenvalue weighted by molar-refractivity contribution is 6.04. The van der Waals surface area contributed by atoms with Crippen LogP contribution in [0, 0.1) is 0 Å². The van der Waals surface area contributed by atoms with Crippen LogP contribution in [0.1, 0.15) is 17.4 Å². The minimum absolute atomic E-state index is 0.102. The number of nitrogens with zero attached hydrogens (tertiary/aromatic N) is 5. The van der Waals surface area contributed by atoms with Crippen molar-refractivity contribution < 1.29 is 14.7 Å². The number of hydrogen-bond acceptors (Lipinski definition) is 5. The van der Waals surface area contributed by atoms with E-state index in [9.17, 15) is 9.59 Å². The summed E-state index contributed by atoms with van der Waals surface area (Å²) in [5.74, 6) is -1.38. The molecule has 0 saturated heterocycles. The van der Waals surface area contributed by atoms with Gasteiger partial charge in [0.05, 0.1) is 6.20 Å². The zero-order valence-corrected chi connectivity index (χ0v) is 10.8. The monoisotopic (exact) mass is 275 g/mol. The molecule has 0 atom stereocenters. The highest BCUT2D eigenvalue weighted by Crippen LogP contribution is 2.14. The van der Waals surface area contributed by atoms with E-state index in [1.165, 1.54) is 11.1 Å². The Kier molecular flexibility index (Phi) is 4.04. The molecule has 0 spiro atoms. The fourth-order valence-corrected chi connectivity index (χ4v) is 1.72. The van der Waals surface area contributed by atoms with Gasteiger partial charge in [0.2, 0.25) is 0 Å². The fourth-order valence-electron chi connectivity index (χ4n) is 1.72. The Hall–Kier alpha value is -2.77. The molecular weight excluding hydrogens is 262 g/mol. The summed E-state index contributed by atoms with van der Waals surface area (Å²) in [7, 11) is 0. The molecule has 8 heteroatoms. The number of aliphatic carboxylic acids is 1. The zero-order valence-electron chi connectivity index (χ0n) is 10.8. The molecular formula is C12H13N5O3. The van der Waals surface area contributed by atoms with Crippen molar-refractivity contribution in [3.05, 3.63) is 36.4 Å². The summed E-state index contributed by atoms with van der Waals surface area (Å²) < 4.78 is 1.11. The molecule has 2 aromatic heterocycles. The maximum Gasteiger partial charge on any atom is 0.325 e. The number of amides is 1. The van der Waals surface area contributed by atoms with Gasteiger partial charge in [-0.15, -0.1) is 5.10 Å². The summed E-state index contributed by atoms with van der Waals surface area (Å²) in [6, 6.07) is 3.42. The molecule has 1 amide bonds. The van der Waals surface area contributed by atoms with E-state index in [4.69, 9.17) is 5.11 Å². The number of hydrogen-bond donors (Lipinski definition) is 1. The largest absolute Gasteiger partial charge is 0.480 e. The van der Waals surface area contributed by atoms with Gasteiger partial charge in [0, 0.05) is 24.6 Å². The second-order valence-corrected chi connectivity index (χ2v) is 3.95. The van der Waals surface area contributed by atoms with E-state index in [1.54, 1.807) is 24.5 Å². The average Bonchev–Trinajstić information content (AvgIpc) is 2.88. The smallest absolute Gasteiger partial charge is 0.325 e. The van der Waals surface area contributed by atoms with E-state index in [-0.39, 0.29) is 18.1 Å². The Labute approximate surface area is 114 Å². The molecule has 8 nitrogen and oxygen atoms in total. The van der Waals surface area contributed by atoms with Crippen molar-refractivity contribution >= 4 is 17.6 Å². The van der Waals surface area contributed by atoms with Gasteiger partial charge in [0.25, 0.3) is 5.91 Å². The lowest BCUT2D eigenvalue weighted by molar-refractivity contribution is -0.137. The molecule has 0 saturated carbocycles. The Bertz CT molecular complexity index is 611. The van der Waals surface area contributed by atoms with Gasteiger partial charge in [0.1, 0.15) is 6.54 Å². The van der Waals surface area contributed by atoms with Crippen LogP contribution in [0.15, 0.2) is 30.7 Å². The Balaban J connectivity index is 2.21. The third-order valence-corrected chi connectivity index (χ3v) is 2.59. The van der Waals surface area contributed by atoms with Crippen LogP contribution in [0.25, 0.3) is 0 Å². The van der Waals surface area contributed by atoms with Crippen LogP contribution in [0.3, 0.4) is 0 Å². The van der Waals surface area contributed by atoms with Crippen LogP contribution in [-0.2, 0) is 11.3 Å². The van der Waals surface area contributed by atoms with Crippen LogP contribution in [0.5, 0.6) is 0 Å². The first-order valence-corrected chi connectivity index (χ1v) is 5.95. The van der Waals surface area contributed by atoms with Crippen LogP contribution >= 0.6 is 0 Å². The van der Waals surface area contributed by atoms with Gasteiger partial charge in [-0.2, -0.15) is 0 Å². The molecule has 0 aliphatic carbocycles. The van der Waals surface area contributed by atoms with Gasteiger partial charge in [0.15, 0.2) is 5.69 Å². The second kappa shape index (κ2) is 5.91. The lowest BCUT2D eigenvalue weighted by Crippen LogP contribution is -2.30. The number of carboxylic acid groups (broad SMARTS) is 1. The highest BCUT2D eigenvalue weighted by Gasteiger charge is 2.19. The van der Waals surface area contributed by atoms with Gasteiger partial charge < -0.3 is 10.0 Å². The van der Waals surface area contributed by atoms with E-state index in [0.29, 0.717) is 12.2 Å². The van der Waals surface area contributed by atoms with Gasteiger partial charge in [-0.05, 0) is 19.1 Å². The van der Waals surface area contributed by atoms with Crippen molar-refractivity contribution in [2.75, 3.05) is 11.4 Å². The van der Waals surface area contributed by atoms with Crippen molar-refractivity contribution in [3.63, 3.8) is 0 Å². The lowest BCUT2D eigenvalue weighted by atomic mass is 10.3. The summed E-state index contributed by atoms with van der Waals surface area (Å²) >= 11 is 0. The maximum absolute atomic E-state index is 12.3. The van der Waals surface area contributed by atoms with Crippen LogP contribution < -0.4 is 4.90 Å². The quantitative estimate of drug-likeness (QED) is 0.848.